The lowest BCUT2D eigenvalue weighted by Gasteiger charge is -2.21. The average Bonchev–Trinajstić information content (AvgIpc) is 2.80. The van der Waals surface area contributed by atoms with Crippen molar-refractivity contribution < 1.29 is 19.1 Å². The van der Waals surface area contributed by atoms with Crippen LogP contribution in [0.3, 0.4) is 0 Å². The molecule has 1 heterocycles. The van der Waals surface area contributed by atoms with Gasteiger partial charge in [0.2, 0.25) is 0 Å². The number of ketones is 1. The summed E-state index contributed by atoms with van der Waals surface area (Å²) in [7, 11) is 1.48. The van der Waals surface area contributed by atoms with Crippen LogP contribution >= 0.6 is 15.9 Å². The highest BCUT2D eigenvalue weighted by molar-refractivity contribution is 9.10. The van der Waals surface area contributed by atoms with E-state index in [4.69, 9.17) is 0 Å². The van der Waals surface area contributed by atoms with Gasteiger partial charge in [0.1, 0.15) is 11.6 Å². The zero-order chi connectivity index (χ0) is 17.4. The molecule has 0 saturated carbocycles. The van der Waals surface area contributed by atoms with Crippen LogP contribution in [0.4, 0.5) is 4.39 Å². The molecule has 1 N–H and O–H groups in total. The number of likely N-dealkylation sites (tertiary alicyclic amines) is 1. The number of hydrogen-bond donors (Lipinski definition) is 1. The second kappa shape index (κ2) is 6.20. The molecular weight excluding hydrogens is 377 g/mol. The molecule has 4 nitrogen and oxygen atoms in total. The highest BCUT2D eigenvalue weighted by Crippen LogP contribution is 2.38. The van der Waals surface area contributed by atoms with Crippen LogP contribution < -0.4 is 0 Å². The van der Waals surface area contributed by atoms with Crippen LogP contribution in [0.25, 0.3) is 5.76 Å². The number of Topliss-reactive ketones (excluding diaryl/α,β-unsaturated/α-hetero) is 1. The van der Waals surface area contributed by atoms with Crippen LogP contribution in [-0.4, -0.2) is 28.7 Å². The molecule has 1 saturated heterocycles. The standard InChI is InChI=1S/C18H13BrFNO3/c1-21-15(10-4-8-13(20)9-5-10)14(17(23)18(21)24)16(22)11-2-6-12(19)7-3-11/h2-9,15,22H,1H3/b16-14-/t15-/m0/s1. The fourth-order valence-corrected chi connectivity index (χ4v) is 3.01. The van der Waals surface area contributed by atoms with E-state index < -0.39 is 23.5 Å². The summed E-state index contributed by atoms with van der Waals surface area (Å²) in [5.41, 5.74) is 0.977. The van der Waals surface area contributed by atoms with Gasteiger partial charge in [-0.2, -0.15) is 0 Å². The summed E-state index contributed by atoms with van der Waals surface area (Å²) in [6.45, 7) is 0. The maximum absolute atomic E-state index is 13.2. The van der Waals surface area contributed by atoms with E-state index in [1.807, 2.05) is 0 Å². The molecule has 2 aromatic carbocycles. The molecule has 0 bridgehead atoms. The zero-order valence-electron chi connectivity index (χ0n) is 12.7. The van der Waals surface area contributed by atoms with E-state index in [2.05, 4.69) is 15.9 Å². The van der Waals surface area contributed by atoms with Crippen molar-refractivity contribution in [1.82, 2.24) is 4.90 Å². The summed E-state index contributed by atoms with van der Waals surface area (Å²) in [6.07, 6.45) is 0. The third-order valence-electron chi connectivity index (χ3n) is 3.98. The third kappa shape index (κ3) is 2.73. The maximum atomic E-state index is 13.2. The van der Waals surface area contributed by atoms with Crippen molar-refractivity contribution >= 4 is 33.4 Å². The van der Waals surface area contributed by atoms with E-state index in [0.29, 0.717) is 11.1 Å². The number of rotatable bonds is 2. The van der Waals surface area contributed by atoms with Crippen LogP contribution in [-0.2, 0) is 9.59 Å². The van der Waals surface area contributed by atoms with Crippen molar-refractivity contribution in [2.75, 3.05) is 7.05 Å². The lowest BCUT2D eigenvalue weighted by Crippen LogP contribution is -2.24. The van der Waals surface area contributed by atoms with Gasteiger partial charge >= 0.3 is 0 Å². The van der Waals surface area contributed by atoms with Crippen molar-refractivity contribution in [2.45, 2.75) is 6.04 Å². The number of carbonyl (C=O) groups excluding carboxylic acids is 2. The second-order valence-corrected chi connectivity index (χ2v) is 6.38. The minimum Gasteiger partial charge on any atom is -0.507 e. The van der Waals surface area contributed by atoms with Crippen molar-refractivity contribution in [2.24, 2.45) is 0 Å². The van der Waals surface area contributed by atoms with E-state index >= 15 is 0 Å². The number of amides is 1. The predicted molar refractivity (Wildman–Crippen MR) is 90.6 cm³/mol. The van der Waals surface area contributed by atoms with Crippen molar-refractivity contribution in [3.8, 4) is 0 Å². The Kier molecular flexibility index (Phi) is 4.24. The fourth-order valence-electron chi connectivity index (χ4n) is 2.75. The molecule has 0 aliphatic carbocycles. The van der Waals surface area contributed by atoms with Gasteiger partial charge in [0.05, 0.1) is 11.6 Å². The molecule has 3 rings (SSSR count). The molecule has 0 spiro atoms. The smallest absolute Gasteiger partial charge is 0.295 e. The predicted octanol–water partition coefficient (Wildman–Crippen LogP) is 3.64. The summed E-state index contributed by atoms with van der Waals surface area (Å²) in [5, 5.41) is 10.6. The van der Waals surface area contributed by atoms with E-state index in [-0.39, 0.29) is 11.3 Å². The molecule has 6 heteroatoms. The van der Waals surface area contributed by atoms with Gasteiger partial charge in [-0.15, -0.1) is 0 Å². The van der Waals surface area contributed by atoms with Crippen LogP contribution in [0.2, 0.25) is 0 Å². The Balaban J connectivity index is 2.16. The molecule has 122 valence electrons. The summed E-state index contributed by atoms with van der Waals surface area (Å²) >= 11 is 3.30. The quantitative estimate of drug-likeness (QED) is 0.484. The molecule has 1 fully saturated rings. The number of aliphatic hydroxyl groups excluding tert-OH is 1. The normalized spacial score (nSPS) is 19.8. The van der Waals surface area contributed by atoms with E-state index in [1.54, 1.807) is 24.3 Å². The molecule has 1 amide bonds. The largest absolute Gasteiger partial charge is 0.507 e. The SMILES string of the molecule is CN1C(=O)C(=O)/C(=C(\O)c2ccc(Br)cc2)[C@@H]1c1ccc(F)cc1. The van der Waals surface area contributed by atoms with Gasteiger partial charge in [0.25, 0.3) is 11.7 Å². The molecule has 2 aromatic rings. The van der Waals surface area contributed by atoms with Crippen LogP contribution in [0.1, 0.15) is 17.2 Å². The first-order valence-corrected chi connectivity index (χ1v) is 7.95. The summed E-state index contributed by atoms with van der Waals surface area (Å²) in [5.74, 6) is -2.13. The molecule has 0 unspecified atom stereocenters. The van der Waals surface area contributed by atoms with Crippen LogP contribution in [0.5, 0.6) is 0 Å². The fraction of sp³-hybridized carbons (Fsp3) is 0.111. The highest BCUT2D eigenvalue weighted by Gasteiger charge is 2.44. The summed E-state index contributed by atoms with van der Waals surface area (Å²) in [6, 6.07) is 11.5. The number of likely N-dealkylation sites (N-methyl/N-ethyl adjacent to an activating group) is 1. The first kappa shape index (κ1) is 16.4. The van der Waals surface area contributed by atoms with Crippen molar-refractivity contribution in [3.05, 3.63) is 75.5 Å². The summed E-state index contributed by atoms with van der Waals surface area (Å²) < 4.78 is 14.0. The van der Waals surface area contributed by atoms with Crippen molar-refractivity contribution in [3.63, 3.8) is 0 Å². The van der Waals surface area contributed by atoms with Crippen molar-refractivity contribution in [1.29, 1.82) is 0 Å². The first-order chi connectivity index (χ1) is 11.4. The Hall–Kier alpha value is -2.47. The lowest BCUT2D eigenvalue weighted by atomic mass is 9.95. The van der Waals surface area contributed by atoms with Crippen LogP contribution in [0.15, 0.2) is 58.6 Å². The summed E-state index contributed by atoms with van der Waals surface area (Å²) in [4.78, 5) is 25.7. The Bertz CT molecular complexity index is 844. The molecule has 1 atom stereocenters. The molecule has 1 aliphatic rings. The Labute approximate surface area is 146 Å². The monoisotopic (exact) mass is 389 g/mol. The number of nitrogens with zero attached hydrogens (tertiary/aromatic N) is 1. The molecule has 1 aliphatic heterocycles. The van der Waals surface area contributed by atoms with Gasteiger partial charge in [-0.25, -0.2) is 4.39 Å². The first-order valence-electron chi connectivity index (χ1n) is 7.16. The van der Waals surface area contributed by atoms with Crippen LogP contribution in [0, 0.1) is 5.82 Å². The second-order valence-electron chi connectivity index (χ2n) is 5.47. The molecule has 24 heavy (non-hydrogen) atoms. The lowest BCUT2D eigenvalue weighted by molar-refractivity contribution is -0.139. The number of halogens is 2. The Morgan fingerprint density at radius 1 is 1.08 bits per heavy atom. The van der Waals surface area contributed by atoms with Gasteiger partial charge in [0.15, 0.2) is 0 Å². The molecular formula is C18H13BrFNO3. The minimum absolute atomic E-state index is 0.00330. The third-order valence-corrected chi connectivity index (χ3v) is 4.51. The van der Waals surface area contributed by atoms with E-state index in [9.17, 15) is 19.1 Å². The average molecular weight is 390 g/mol. The van der Waals surface area contributed by atoms with E-state index in [0.717, 1.165) is 4.47 Å². The van der Waals surface area contributed by atoms with Gasteiger partial charge in [-0.1, -0.05) is 40.2 Å². The topological polar surface area (TPSA) is 57.6 Å². The van der Waals surface area contributed by atoms with E-state index in [1.165, 1.54) is 36.2 Å². The Morgan fingerprint density at radius 3 is 2.25 bits per heavy atom. The number of benzene rings is 2. The number of hydrogen-bond acceptors (Lipinski definition) is 3. The zero-order valence-corrected chi connectivity index (χ0v) is 14.2. The number of aliphatic hydroxyl groups is 1. The maximum Gasteiger partial charge on any atom is 0.295 e. The van der Waals surface area contributed by atoms with Gasteiger partial charge < -0.3 is 10.0 Å². The minimum atomic E-state index is -0.757. The Morgan fingerprint density at radius 2 is 1.67 bits per heavy atom. The number of carbonyl (C=O) groups is 2. The van der Waals surface area contributed by atoms with Gasteiger partial charge in [0, 0.05) is 17.1 Å². The molecule has 0 radical (unpaired) electrons. The molecule has 0 aromatic heterocycles. The highest BCUT2D eigenvalue weighted by atomic mass is 79.9. The van der Waals surface area contributed by atoms with Gasteiger partial charge in [-0.05, 0) is 29.8 Å². The van der Waals surface area contributed by atoms with Gasteiger partial charge in [-0.3, -0.25) is 9.59 Å².